The minimum atomic E-state index is 0.818. The fraction of sp³-hybridized carbons (Fsp3) is 1.00. The molecule has 2 fully saturated rings. The van der Waals surface area contributed by atoms with Crippen LogP contribution in [0.2, 0.25) is 0 Å². The van der Waals surface area contributed by atoms with Gasteiger partial charge in [0.1, 0.15) is 0 Å². The Balaban J connectivity index is 1.96. The van der Waals surface area contributed by atoms with E-state index in [0.717, 1.165) is 17.9 Å². The maximum atomic E-state index is 3.55. The molecule has 2 nitrogen and oxygen atoms in total. The first-order valence-electron chi connectivity index (χ1n) is 7.22. The lowest BCUT2D eigenvalue weighted by Crippen LogP contribution is -2.42. The second-order valence-electron chi connectivity index (χ2n) is 5.99. The van der Waals surface area contributed by atoms with Gasteiger partial charge in [-0.05, 0) is 31.2 Å². The van der Waals surface area contributed by atoms with Crippen molar-refractivity contribution in [1.82, 2.24) is 10.2 Å². The Morgan fingerprint density at radius 1 is 1.06 bits per heavy atom. The SMILES string of the molecule is CC1CNCCN(C2CCCCCC2C)C1. The van der Waals surface area contributed by atoms with Gasteiger partial charge in [-0.25, -0.2) is 0 Å². The normalized spacial score (nSPS) is 39.0. The lowest BCUT2D eigenvalue weighted by Gasteiger charge is -2.35. The summed E-state index contributed by atoms with van der Waals surface area (Å²) in [6, 6.07) is 0.866. The van der Waals surface area contributed by atoms with E-state index in [1.54, 1.807) is 0 Å². The molecule has 3 atom stereocenters. The minimum absolute atomic E-state index is 0.818. The quantitative estimate of drug-likeness (QED) is 0.689. The van der Waals surface area contributed by atoms with E-state index in [-0.39, 0.29) is 0 Å². The molecule has 16 heavy (non-hydrogen) atoms. The number of nitrogens with one attached hydrogen (secondary N) is 1. The van der Waals surface area contributed by atoms with Crippen molar-refractivity contribution in [2.24, 2.45) is 11.8 Å². The molecule has 0 radical (unpaired) electrons. The Hall–Kier alpha value is -0.0800. The van der Waals surface area contributed by atoms with E-state index in [0.29, 0.717) is 0 Å². The van der Waals surface area contributed by atoms with Gasteiger partial charge in [-0.1, -0.05) is 33.1 Å². The molecule has 0 aromatic carbocycles. The van der Waals surface area contributed by atoms with E-state index in [4.69, 9.17) is 0 Å². The molecular formula is C14H28N2. The first-order valence-corrected chi connectivity index (χ1v) is 7.22. The third-order valence-electron chi connectivity index (χ3n) is 4.40. The van der Waals surface area contributed by atoms with Gasteiger partial charge in [0.25, 0.3) is 0 Å². The van der Waals surface area contributed by atoms with E-state index >= 15 is 0 Å². The average molecular weight is 224 g/mol. The minimum Gasteiger partial charge on any atom is -0.315 e. The summed E-state index contributed by atoms with van der Waals surface area (Å²) in [7, 11) is 0. The van der Waals surface area contributed by atoms with Gasteiger partial charge in [-0.15, -0.1) is 0 Å². The lowest BCUT2D eigenvalue weighted by atomic mass is 9.94. The zero-order valence-electron chi connectivity index (χ0n) is 11.0. The molecule has 1 N–H and O–H groups in total. The summed E-state index contributed by atoms with van der Waals surface area (Å²) in [5.74, 6) is 1.73. The Labute approximate surface area is 101 Å². The maximum Gasteiger partial charge on any atom is 0.0121 e. The predicted octanol–water partition coefficient (Wildman–Crippen LogP) is 2.50. The molecule has 0 bridgehead atoms. The molecule has 0 spiro atoms. The summed E-state index contributed by atoms with van der Waals surface area (Å²) in [6.45, 7) is 9.82. The largest absolute Gasteiger partial charge is 0.315 e. The van der Waals surface area contributed by atoms with Crippen molar-refractivity contribution in [2.45, 2.75) is 52.0 Å². The smallest absolute Gasteiger partial charge is 0.0121 e. The van der Waals surface area contributed by atoms with Crippen LogP contribution in [0.1, 0.15) is 46.0 Å². The molecule has 0 aromatic rings. The Kier molecular flexibility index (Phi) is 4.66. The third kappa shape index (κ3) is 3.21. The maximum absolute atomic E-state index is 3.55. The molecule has 1 saturated carbocycles. The molecular weight excluding hydrogens is 196 g/mol. The summed E-state index contributed by atoms with van der Waals surface area (Å²) >= 11 is 0. The van der Waals surface area contributed by atoms with Crippen LogP contribution in [0.4, 0.5) is 0 Å². The summed E-state index contributed by atoms with van der Waals surface area (Å²) in [5.41, 5.74) is 0. The Bertz CT molecular complexity index is 205. The fourth-order valence-corrected chi connectivity index (χ4v) is 3.44. The van der Waals surface area contributed by atoms with Crippen LogP contribution in [0.25, 0.3) is 0 Å². The van der Waals surface area contributed by atoms with Gasteiger partial charge in [-0.3, -0.25) is 4.90 Å². The molecule has 1 heterocycles. The van der Waals surface area contributed by atoms with Gasteiger partial charge in [0.05, 0.1) is 0 Å². The van der Waals surface area contributed by atoms with Crippen molar-refractivity contribution in [1.29, 1.82) is 0 Å². The van der Waals surface area contributed by atoms with Crippen molar-refractivity contribution >= 4 is 0 Å². The van der Waals surface area contributed by atoms with Crippen molar-refractivity contribution < 1.29 is 0 Å². The van der Waals surface area contributed by atoms with Crippen LogP contribution in [0.3, 0.4) is 0 Å². The van der Waals surface area contributed by atoms with Gasteiger partial charge in [0.15, 0.2) is 0 Å². The van der Waals surface area contributed by atoms with Gasteiger partial charge >= 0.3 is 0 Å². The molecule has 0 amide bonds. The second kappa shape index (κ2) is 6.02. The zero-order chi connectivity index (χ0) is 11.4. The van der Waals surface area contributed by atoms with E-state index < -0.39 is 0 Å². The van der Waals surface area contributed by atoms with E-state index in [1.807, 2.05) is 0 Å². The van der Waals surface area contributed by atoms with Crippen LogP contribution >= 0.6 is 0 Å². The first-order chi connectivity index (χ1) is 7.77. The van der Waals surface area contributed by atoms with Crippen LogP contribution in [-0.4, -0.2) is 37.1 Å². The van der Waals surface area contributed by atoms with Gasteiger partial charge in [-0.2, -0.15) is 0 Å². The van der Waals surface area contributed by atoms with Crippen LogP contribution in [0, 0.1) is 11.8 Å². The highest BCUT2D eigenvalue weighted by atomic mass is 15.2. The molecule has 94 valence electrons. The second-order valence-corrected chi connectivity index (χ2v) is 5.99. The van der Waals surface area contributed by atoms with Gasteiger partial charge in [0.2, 0.25) is 0 Å². The molecule has 0 aromatic heterocycles. The molecule has 1 saturated heterocycles. The van der Waals surface area contributed by atoms with Crippen LogP contribution in [-0.2, 0) is 0 Å². The van der Waals surface area contributed by atoms with Crippen molar-refractivity contribution in [3.63, 3.8) is 0 Å². The average Bonchev–Trinajstić information content (AvgIpc) is 2.58. The first kappa shape index (κ1) is 12.4. The standard InChI is InChI=1S/C14H28N2/c1-12-10-15-8-9-16(11-12)14-7-5-3-4-6-13(14)2/h12-15H,3-11H2,1-2H3. The molecule has 2 heteroatoms. The summed E-state index contributed by atoms with van der Waals surface area (Å²) < 4.78 is 0. The van der Waals surface area contributed by atoms with Crippen molar-refractivity contribution in [3.05, 3.63) is 0 Å². The Morgan fingerprint density at radius 3 is 2.75 bits per heavy atom. The summed E-state index contributed by atoms with van der Waals surface area (Å²) in [4.78, 5) is 2.78. The van der Waals surface area contributed by atoms with Crippen molar-refractivity contribution in [3.8, 4) is 0 Å². The topological polar surface area (TPSA) is 15.3 Å². The van der Waals surface area contributed by atoms with E-state index in [9.17, 15) is 0 Å². The monoisotopic (exact) mass is 224 g/mol. The summed E-state index contributed by atoms with van der Waals surface area (Å²) in [5, 5.41) is 3.55. The summed E-state index contributed by atoms with van der Waals surface area (Å²) in [6.07, 6.45) is 7.26. The number of hydrogen-bond donors (Lipinski definition) is 1. The van der Waals surface area contributed by atoms with Crippen LogP contribution in [0.15, 0.2) is 0 Å². The van der Waals surface area contributed by atoms with E-state index in [2.05, 4.69) is 24.1 Å². The van der Waals surface area contributed by atoms with E-state index in [1.165, 1.54) is 58.3 Å². The highest BCUT2D eigenvalue weighted by Gasteiger charge is 2.27. The van der Waals surface area contributed by atoms with Crippen molar-refractivity contribution in [2.75, 3.05) is 26.2 Å². The highest BCUT2D eigenvalue weighted by molar-refractivity contribution is 4.83. The molecule has 2 aliphatic rings. The molecule has 1 aliphatic heterocycles. The number of nitrogens with zero attached hydrogens (tertiary/aromatic N) is 1. The zero-order valence-corrected chi connectivity index (χ0v) is 11.0. The fourth-order valence-electron chi connectivity index (χ4n) is 3.44. The number of rotatable bonds is 1. The van der Waals surface area contributed by atoms with Gasteiger partial charge < -0.3 is 5.32 Å². The molecule has 3 unspecified atom stereocenters. The molecule has 1 aliphatic carbocycles. The van der Waals surface area contributed by atoms with Gasteiger partial charge in [0, 0.05) is 25.7 Å². The highest BCUT2D eigenvalue weighted by Crippen LogP contribution is 2.27. The van der Waals surface area contributed by atoms with Crippen LogP contribution < -0.4 is 5.32 Å². The molecule has 2 rings (SSSR count). The Morgan fingerprint density at radius 2 is 1.88 bits per heavy atom. The van der Waals surface area contributed by atoms with Crippen LogP contribution in [0.5, 0.6) is 0 Å². The predicted molar refractivity (Wildman–Crippen MR) is 69.6 cm³/mol. The lowest BCUT2D eigenvalue weighted by molar-refractivity contribution is 0.136. The number of hydrogen-bond acceptors (Lipinski definition) is 2. The third-order valence-corrected chi connectivity index (χ3v) is 4.40.